The van der Waals surface area contributed by atoms with Gasteiger partial charge in [0.25, 0.3) is 0 Å². The Morgan fingerprint density at radius 3 is 2.68 bits per heavy atom. The van der Waals surface area contributed by atoms with E-state index in [1.54, 1.807) is 12.1 Å². The van der Waals surface area contributed by atoms with E-state index in [0.717, 1.165) is 36.8 Å². The Bertz CT molecular complexity index is 615. The summed E-state index contributed by atoms with van der Waals surface area (Å²) in [6.45, 7) is 2.13. The van der Waals surface area contributed by atoms with E-state index in [9.17, 15) is 4.79 Å². The Morgan fingerprint density at radius 2 is 2.00 bits per heavy atom. The molecule has 1 aromatic carbocycles. The van der Waals surface area contributed by atoms with Crippen LogP contribution < -0.4 is 0 Å². The predicted molar refractivity (Wildman–Crippen MR) is 78.5 cm³/mol. The van der Waals surface area contributed by atoms with Gasteiger partial charge >= 0.3 is 5.97 Å². The molecule has 1 saturated heterocycles. The lowest BCUT2D eigenvalue weighted by atomic mass is 10.1. The lowest BCUT2D eigenvalue weighted by Crippen LogP contribution is -2.27. The van der Waals surface area contributed by atoms with Gasteiger partial charge in [-0.1, -0.05) is 15.5 Å². The first-order valence-corrected chi connectivity index (χ1v) is 7.00. The molecule has 3 rings (SSSR count). The van der Waals surface area contributed by atoms with E-state index >= 15 is 0 Å². The molecule has 1 unspecified atom stereocenters. The SMILES string of the molecule is O=C(O)c1ccc2ccn(C3CCN(P)CC3)c2c1. The van der Waals surface area contributed by atoms with E-state index < -0.39 is 5.97 Å². The summed E-state index contributed by atoms with van der Waals surface area (Å²) in [5.74, 6) is -0.866. The topological polar surface area (TPSA) is 45.5 Å². The quantitative estimate of drug-likeness (QED) is 0.858. The van der Waals surface area contributed by atoms with Gasteiger partial charge in [0.1, 0.15) is 0 Å². The van der Waals surface area contributed by atoms with Crippen molar-refractivity contribution in [3.8, 4) is 0 Å². The second-order valence-electron chi connectivity index (χ2n) is 5.07. The molecule has 1 aliphatic rings. The van der Waals surface area contributed by atoms with Crippen LogP contribution in [0.5, 0.6) is 0 Å². The molecule has 1 aromatic heterocycles. The Balaban J connectivity index is 1.99. The minimum Gasteiger partial charge on any atom is -0.478 e. The number of aromatic carboxylic acids is 1. The van der Waals surface area contributed by atoms with Gasteiger partial charge in [-0.25, -0.2) is 4.79 Å². The first kappa shape index (κ1) is 12.6. The van der Waals surface area contributed by atoms with Crippen LogP contribution in [-0.4, -0.2) is 33.4 Å². The fourth-order valence-corrected chi connectivity index (χ4v) is 3.06. The number of carboxylic acid groups (broad SMARTS) is 1. The molecule has 100 valence electrons. The van der Waals surface area contributed by atoms with Crippen LogP contribution in [0.3, 0.4) is 0 Å². The predicted octanol–water partition coefficient (Wildman–Crippen LogP) is 2.77. The normalized spacial score (nSPS) is 17.9. The molecule has 19 heavy (non-hydrogen) atoms. The molecule has 0 radical (unpaired) electrons. The third-order valence-electron chi connectivity index (χ3n) is 3.86. The van der Waals surface area contributed by atoms with E-state index in [4.69, 9.17) is 5.11 Å². The van der Waals surface area contributed by atoms with Gasteiger partial charge in [-0.3, -0.25) is 4.67 Å². The number of aromatic nitrogens is 1. The summed E-state index contributed by atoms with van der Waals surface area (Å²) in [7, 11) is 2.75. The highest BCUT2D eigenvalue weighted by atomic mass is 31.0. The molecule has 0 amide bonds. The average Bonchev–Trinajstić information content (AvgIpc) is 2.82. The number of fused-ring (bicyclic) bond motifs is 1. The minimum atomic E-state index is -0.866. The highest BCUT2D eigenvalue weighted by Gasteiger charge is 2.19. The Morgan fingerprint density at radius 1 is 1.26 bits per heavy atom. The van der Waals surface area contributed by atoms with Crippen molar-refractivity contribution < 1.29 is 9.90 Å². The van der Waals surface area contributed by atoms with Crippen LogP contribution in [0.25, 0.3) is 10.9 Å². The van der Waals surface area contributed by atoms with Gasteiger partial charge in [0.05, 0.1) is 5.56 Å². The van der Waals surface area contributed by atoms with Gasteiger partial charge in [-0.15, -0.1) is 0 Å². The van der Waals surface area contributed by atoms with Gasteiger partial charge in [0.15, 0.2) is 0 Å². The van der Waals surface area contributed by atoms with Crippen molar-refractivity contribution in [2.24, 2.45) is 0 Å². The van der Waals surface area contributed by atoms with Gasteiger partial charge in [0.2, 0.25) is 0 Å². The summed E-state index contributed by atoms with van der Waals surface area (Å²) in [4.78, 5) is 11.1. The summed E-state index contributed by atoms with van der Waals surface area (Å²) in [6, 6.07) is 7.87. The van der Waals surface area contributed by atoms with Crippen molar-refractivity contribution in [3.63, 3.8) is 0 Å². The first-order valence-electron chi connectivity index (χ1n) is 6.48. The molecule has 5 heteroatoms. The van der Waals surface area contributed by atoms with Crippen LogP contribution in [0.15, 0.2) is 30.5 Å². The van der Waals surface area contributed by atoms with E-state index in [1.807, 2.05) is 6.07 Å². The molecule has 0 saturated carbocycles. The van der Waals surface area contributed by atoms with Gasteiger partial charge in [-0.05, 0) is 36.4 Å². The molecule has 2 aromatic rings. The fraction of sp³-hybridized carbons (Fsp3) is 0.357. The molecular formula is C14H17N2O2P. The molecule has 0 aliphatic carbocycles. The lowest BCUT2D eigenvalue weighted by molar-refractivity contribution is 0.0697. The monoisotopic (exact) mass is 276 g/mol. The Labute approximate surface area is 114 Å². The number of carboxylic acids is 1. The van der Waals surface area contributed by atoms with Crippen LogP contribution in [0.2, 0.25) is 0 Å². The maximum Gasteiger partial charge on any atom is 0.335 e. The van der Waals surface area contributed by atoms with Gasteiger partial charge in [0, 0.05) is 30.8 Å². The van der Waals surface area contributed by atoms with Crippen LogP contribution in [-0.2, 0) is 0 Å². The van der Waals surface area contributed by atoms with Crippen molar-refractivity contribution in [1.29, 1.82) is 0 Å². The summed E-state index contributed by atoms with van der Waals surface area (Å²) >= 11 is 0. The zero-order valence-corrected chi connectivity index (χ0v) is 11.8. The van der Waals surface area contributed by atoms with Crippen LogP contribution in [0, 0.1) is 0 Å². The zero-order valence-electron chi connectivity index (χ0n) is 10.6. The maximum atomic E-state index is 11.1. The van der Waals surface area contributed by atoms with Crippen molar-refractivity contribution >= 4 is 26.3 Å². The maximum absolute atomic E-state index is 11.1. The standard InChI is InChI=1S/C14H17N2O2P/c17-14(18)11-2-1-10-3-8-16(13(10)9-11)12-4-6-15(19)7-5-12/h1-3,8-9,12H,4-7,19H2,(H,17,18). The lowest BCUT2D eigenvalue weighted by Gasteiger charge is -2.30. The van der Waals surface area contributed by atoms with Crippen LogP contribution in [0.4, 0.5) is 0 Å². The molecule has 2 heterocycles. The number of benzene rings is 1. The number of carbonyl (C=O) groups is 1. The first-order chi connectivity index (χ1) is 9.15. The summed E-state index contributed by atoms with van der Waals surface area (Å²) in [6.07, 6.45) is 4.29. The fourth-order valence-electron chi connectivity index (χ4n) is 2.76. The number of piperidine rings is 1. The Kier molecular flexibility index (Phi) is 3.29. The molecule has 1 N–H and O–H groups in total. The van der Waals surface area contributed by atoms with Crippen molar-refractivity contribution in [3.05, 3.63) is 36.0 Å². The highest BCUT2D eigenvalue weighted by Crippen LogP contribution is 2.29. The zero-order chi connectivity index (χ0) is 13.4. The minimum absolute atomic E-state index is 0.357. The van der Waals surface area contributed by atoms with Crippen molar-refractivity contribution in [2.75, 3.05) is 13.1 Å². The number of rotatable bonds is 2. The molecule has 1 aliphatic heterocycles. The second kappa shape index (κ2) is 4.95. The van der Waals surface area contributed by atoms with Gasteiger partial charge in [-0.2, -0.15) is 0 Å². The summed E-state index contributed by atoms with van der Waals surface area (Å²) < 4.78 is 4.49. The third kappa shape index (κ3) is 2.38. The van der Waals surface area contributed by atoms with Crippen molar-refractivity contribution in [2.45, 2.75) is 18.9 Å². The Hall–Kier alpha value is -1.38. The van der Waals surface area contributed by atoms with Crippen LogP contribution >= 0.6 is 9.39 Å². The molecule has 4 nitrogen and oxygen atoms in total. The molecule has 0 spiro atoms. The summed E-state index contributed by atoms with van der Waals surface area (Å²) in [5, 5.41) is 10.2. The summed E-state index contributed by atoms with van der Waals surface area (Å²) in [5.41, 5.74) is 1.39. The second-order valence-corrected chi connectivity index (χ2v) is 5.80. The molecule has 1 fully saturated rings. The molecular weight excluding hydrogens is 259 g/mol. The van der Waals surface area contributed by atoms with E-state index in [2.05, 4.69) is 30.9 Å². The van der Waals surface area contributed by atoms with E-state index in [-0.39, 0.29) is 0 Å². The average molecular weight is 276 g/mol. The number of hydrogen-bond donors (Lipinski definition) is 1. The van der Waals surface area contributed by atoms with E-state index in [0.29, 0.717) is 11.6 Å². The molecule has 0 bridgehead atoms. The van der Waals surface area contributed by atoms with Gasteiger partial charge < -0.3 is 9.67 Å². The number of hydrogen-bond acceptors (Lipinski definition) is 2. The van der Waals surface area contributed by atoms with Crippen molar-refractivity contribution in [1.82, 2.24) is 9.24 Å². The largest absolute Gasteiger partial charge is 0.478 e. The smallest absolute Gasteiger partial charge is 0.335 e. The highest BCUT2D eigenvalue weighted by molar-refractivity contribution is 7.13. The molecule has 1 atom stereocenters. The van der Waals surface area contributed by atoms with Crippen LogP contribution in [0.1, 0.15) is 29.2 Å². The van der Waals surface area contributed by atoms with E-state index in [1.165, 1.54) is 0 Å². The third-order valence-corrected chi connectivity index (χ3v) is 4.38. The number of nitrogens with zero attached hydrogens (tertiary/aromatic N) is 2.